The van der Waals surface area contributed by atoms with E-state index in [0.29, 0.717) is 17.4 Å². The Labute approximate surface area is 167 Å². The van der Waals surface area contributed by atoms with Gasteiger partial charge in [0.25, 0.3) is 5.56 Å². The van der Waals surface area contributed by atoms with Crippen LogP contribution in [0.4, 0.5) is 11.8 Å². The van der Waals surface area contributed by atoms with Crippen molar-refractivity contribution in [2.45, 2.75) is 71.3 Å². The second-order valence-corrected chi connectivity index (χ2v) is 8.35. The third-order valence-electron chi connectivity index (χ3n) is 6.39. The zero-order chi connectivity index (χ0) is 19.5. The largest absolute Gasteiger partial charge is 0.352 e. The molecule has 1 N–H and O–H groups in total. The highest BCUT2D eigenvalue weighted by molar-refractivity contribution is 5.88. The summed E-state index contributed by atoms with van der Waals surface area (Å²) in [5.74, 6) is 2.36. The highest BCUT2D eigenvalue weighted by Crippen LogP contribution is 2.38. The molecule has 3 heterocycles. The molecule has 1 aliphatic heterocycles. The summed E-state index contributed by atoms with van der Waals surface area (Å²) in [5.41, 5.74) is 0.711. The Morgan fingerprint density at radius 2 is 1.89 bits per heavy atom. The van der Waals surface area contributed by atoms with Crippen molar-refractivity contribution in [3.05, 3.63) is 22.6 Å². The van der Waals surface area contributed by atoms with Gasteiger partial charge in [-0.05, 0) is 50.5 Å². The molecule has 2 aromatic heterocycles. The van der Waals surface area contributed by atoms with E-state index in [9.17, 15) is 4.79 Å². The van der Waals surface area contributed by atoms with E-state index in [1.165, 1.54) is 38.5 Å². The van der Waals surface area contributed by atoms with Crippen molar-refractivity contribution in [1.29, 1.82) is 0 Å². The van der Waals surface area contributed by atoms with Gasteiger partial charge >= 0.3 is 0 Å². The van der Waals surface area contributed by atoms with Crippen molar-refractivity contribution in [2.24, 2.45) is 5.92 Å². The van der Waals surface area contributed by atoms with E-state index in [1.54, 1.807) is 12.3 Å². The zero-order valence-corrected chi connectivity index (χ0v) is 17.3. The van der Waals surface area contributed by atoms with Crippen LogP contribution >= 0.6 is 0 Å². The second-order valence-electron chi connectivity index (χ2n) is 8.35. The molecule has 6 heteroatoms. The van der Waals surface area contributed by atoms with Crippen LogP contribution < -0.4 is 15.4 Å². The van der Waals surface area contributed by atoms with Crippen LogP contribution in [-0.2, 0) is 0 Å². The third kappa shape index (κ3) is 3.61. The smallest absolute Gasteiger partial charge is 0.260 e. The molecule has 0 spiro atoms. The minimum atomic E-state index is -0.0574. The number of aromatic amines is 1. The van der Waals surface area contributed by atoms with E-state index in [0.717, 1.165) is 49.7 Å². The standard InChI is InChI=1S/C22H33N5O/c1-3-13-26(14-4-2)22-24-19-17(21(28)25-22)11-12-23-20(19)27-15-7-9-16-8-5-6-10-18(16)27/h11-12,16,18H,3-10,13-15H2,1-2H3,(H,24,25,28). The number of hydrogen-bond donors (Lipinski definition) is 1. The summed E-state index contributed by atoms with van der Waals surface area (Å²) in [6.45, 7) is 7.13. The lowest BCUT2D eigenvalue weighted by Gasteiger charge is -2.44. The Kier molecular flexibility index (Phi) is 5.83. The number of pyridine rings is 1. The van der Waals surface area contributed by atoms with Gasteiger partial charge in [0.15, 0.2) is 5.82 Å². The number of piperidine rings is 1. The molecule has 6 nitrogen and oxygen atoms in total. The van der Waals surface area contributed by atoms with Crippen LogP contribution in [0.15, 0.2) is 17.1 Å². The highest BCUT2D eigenvalue weighted by Gasteiger charge is 2.35. The number of anilines is 2. The Hall–Kier alpha value is -2.11. The van der Waals surface area contributed by atoms with Crippen molar-refractivity contribution in [2.75, 3.05) is 29.4 Å². The molecule has 0 aromatic carbocycles. The third-order valence-corrected chi connectivity index (χ3v) is 6.39. The summed E-state index contributed by atoms with van der Waals surface area (Å²) in [6, 6.07) is 2.35. The topological polar surface area (TPSA) is 65.1 Å². The lowest BCUT2D eigenvalue weighted by atomic mass is 9.78. The van der Waals surface area contributed by atoms with E-state index in [1.807, 2.05) is 0 Å². The van der Waals surface area contributed by atoms with Crippen LogP contribution in [0.2, 0.25) is 0 Å². The number of H-pyrrole nitrogens is 1. The number of aromatic nitrogens is 3. The van der Waals surface area contributed by atoms with Gasteiger partial charge in [-0.15, -0.1) is 0 Å². The maximum atomic E-state index is 12.9. The average molecular weight is 384 g/mol. The Balaban J connectivity index is 1.79. The summed E-state index contributed by atoms with van der Waals surface area (Å²) in [7, 11) is 0. The normalized spacial score (nSPS) is 22.3. The first-order valence-electron chi connectivity index (χ1n) is 11.1. The van der Waals surface area contributed by atoms with E-state index < -0.39 is 0 Å². The van der Waals surface area contributed by atoms with E-state index >= 15 is 0 Å². The monoisotopic (exact) mass is 383 g/mol. The maximum absolute atomic E-state index is 12.9. The number of hydrogen-bond acceptors (Lipinski definition) is 5. The SMILES string of the molecule is CCCN(CCC)c1nc2c(N3CCCC4CCCCC43)nccc2c(=O)[nH]1. The van der Waals surface area contributed by atoms with Crippen molar-refractivity contribution in [3.63, 3.8) is 0 Å². The summed E-state index contributed by atoms with van der Waals surface area (Å²) in [6.07, 6.45) is 11.6. The van der Waals surface area contributed by atoms with Gasteiger partial charge in [0.05, 0.1) is 5.39 Å². The molecule has 4 rings (SSSR count). The van der Waals surface area contributed by atoms with Crippen molar-refractivity contribution < 1.29 is 0 Å². The first kappa shape index (κ1) is 19.2. The van der Waals surface area contributed by atoms with E-state index in [4.69, 9.17) is 9.97 Å². The molecule has 0 bridgehead atoms. The molecular formula is C22H33N5O. The second kappa shape index (κ2) is 8.50. The quantitative estimate of drug-likeness (QED) is 0.813. The number of fused-ring (bicyclic) bond motifs is 2. The predicted octanol–water partition coefficient (Wildman–Crippen LogP) is 4.10. The molecule has 152 valence electrons. The van der Waals surface area contributed by atoms with E-state index in [2.05, 4.69) is 28.6 Å². The molecule has 0 amide bonds. The van der Waals surface area contributed by atoms with Crippen LogP contribution in [0, 0.1) is 5.92 Å². The molecule has 0 radical (unpaired) electrons. The number of nitrogens with zero attached hydrogens (tertiary/aromatic N) is 4. The average Bonchev–Trinajstić information content (AvgIpc) is 2.73. The summed E-state index contributed by atoms with van der Waals surface area (Å²) >= 11 is 0. The van der Waals surface area contributed by atoms with Gasteiger partial charge in [-0.2, -0.15) is 0 Å². The van der Waals surface area contributed by atoms with Gasteiger partial charge in [-0.3, -0.25) is 9.78 Å². The van der Waals surface area contributed by atoms with Gasteiger partial charge < -0.3 is 9.80 Å². The molecule has 2 aromatic rings. The van der Waals surface area contributed by atoms with E-state index in [-0.39, 0.29) is 5.56 Å². The fraction of sp³-hybridized carbons (Fsp3) is 0.682. The molecule has 1 saturated carbocycles. The fourth-order valence-corrected chi connectivity index (χ4v) is 5.15. The molecule has 2 aliphatic rings. The van der Waals surface area contributed by atoms with Crippen LogP contribution in [-0.4, -0.2) is 40.6 Å². The van der Waals surface area contributed by atoms with Crippen LogP contribution in [0.1, 0.15) is 65.2 Å². The minimum Gasteiger partial charge on any atom is -0.352 e. The minimum absolute atomic E-state index is 0.0574. The summed E-state index contributed by atoms with van der Waals surface area (Å²) in [4.78, 5) is 30.2. The Morgan fingerprint density at radius 1 is 1.14 bits per heavy atom. The first-order chi connectivity index (χ1) is 13.7. The maximum Gasteiger partial charge on any atom is 0.260 e. The van der Waals surface area contributed by atoms with Gasteiger partial charge in [0.2, 0.25) is 5.95 Å². The van der Waals surface area contributed by atoms with Crippen LogP contribution in [0.5, 0.6) is 0 Å². The van der Waals surface area contributed by atoms with Gasteiger partial charge in [0.1, 0.15) is 5.52 Å². The molecule has 1 saturated heterocycles. The summed E-state index contributed by atoms with van der Waals surface area (Å²) in [5, 5.41) is 0.652. The van der Waals surface area contributed by atoms with Crippen LogP contribution in [0.3, 0.4) is 0 Å². The number of nitrogens with one attached hydrogen (secondary N) is 1. The van der Waals surface area contributed by atoms with Gasteiger partial charge in [-0.25, -0.2) is 9.97 Å². The van der Waals surface area contributed by atoms with Crippen LogP contribution in [0.25, 0.3) is 10.9 Å². The molecule has 2 atom stereocenters. The predicted molar refractivity (Wildman–Crippen MR) is 115 cm³/mol. The first-order valence-corrected chi connectivity index (χ1v) is 11.1. The molecule has 2 unspecified atom stereocenters. The zero-order valence-electron chi connectivity index (χ0n) is 17.3. The van der Waals surface area contributed by atoms with Gasteiger partial charge in [-0.1, -0.05) is 26.7 Å². The fourth-order valence-electron chi connectivity index (χ4n) is 5.15. The molecular weight excluding hydrogens is 350 g/mol. The molecule has 2 fully saturated rings. The Bertz CT molecular complexity index is 856. The van der Waals surface area contributed by atoms with Crippen molar-refractivity contribution >= 4 is 22.7 Å². The Morgan fingerprint density at radius 3 is 2.68 bits per heavy atom. The summed E-state index contributed by atoms with van der Waals surface area (Å²) < 4.78 is 0. The van der Waals surface area contributed by atoms with Gasteiger partial charge in [0, 0.05) is 31.9 Å². The number of rotatable bonds is 6. The van der Waals surface area contributed by atoms with Crippen molar-refractivity contribution in [3.8, 4) is 0 Å². The lowest BCUT2D eigenvalue weighted by Crippen LogP contribution is -2.47. The lowest BCUT2D eigenvalue weighted by molar-refractivity contribution is 0.243. The highest BCUT2D eigenvalue weighted by atomic mass is 16.1. The molecule has 28 heavy (non-hydrogen) atoms. The van der Waals surface area contributed by atoms with Crippen molar-refractivity contribution in [1.82, 2.24) is 15.0 Å². The molecule has 1 aliphatic carbocycles.